The van der Waals surface area contributed by atoms with Crippen LogP contribution in [-0.2, 0) is 5.41 Å². The van der Waals surface area contributed by atoms with E-state index in [-0.39, 0.29) is 5.41 Å². The van der Waals surface area contributed by atoms with Crippen molar-refractivity contribution in [3.63, 3.8) is 0 Å². The maximum absolute atomic E-state index is 2.46. The van der Waals surface area contributed by atoms with Crippen molar-refractivity contribution in [1.82, 2.24) is 9.13 Å². The molecule has 0 amide bonds. The van der Waals surface area contributed by atoms with Crippen LogP contribution in [0.1, 0.15) is 26.3 Å². The van der Waals surface area contributed by atoms with Gasteiger partial charge in [-0.3, -0.25) is 0 Å². The largest absolute Gasteiger partial charge is 0.309 e. The van der Waals surface area contributed by atoms with Crippen LogP contribution in [0.3, 0.4) is 0 Å². The number of aromatic nitrogens is 2. The Balaban J connectivity index is 0.920. The number of hydrogen-bond acceptors (Lipinski definition) is 0. The third-order valence-corrected chi connectivity index (χ3v) is 14.3. The zero-order chi connectivity index (χ0) is 45.5. The van der Waals surface area contributed by atoms with Gasteiger partial charge in [0.15, 0.2) is 0 Å². The van der Waals surface area contributed by atoms with Gasteiger partial charge >= 0.3 is 0 Å². The van der Waals surface area contributed by atoms with E-state index >= 15 is 0 Å². The molecule has 0 N–H and O–H groups in total. The summed E-state index contributed by atoms with van der Waals surface area (Å²) in [5, 5.41) is 10.1. The van der Waals surface area contributed by atoms with Crippen LogP contribution in [0.15, 0.2) is 237 Å². The Hall–Kier alpha value is -8.46. The standard InChI is InChI=1S/C66H48N2/c1-66(2,3)49-36-37-56-59(42-49)65(46-32-28-44(29-33-46)48-35-39-63-58(41-48)53-21-13-15-25-61(53)68(63)51-18-8-5-9-19-51)55-23-11-10-22-54(55)64(56)45-30-26-43(27-31-45)47-34-38-62-57(40-47)52-20-12-14-24-60(52)67(62)50-16-6-4-7-17-50/h4-42H,1-3H3. The second-order valence-electron chi connectivity index (χ2n) is 19.3. The third-order valence-electron chi connectivity index (χ3n) is 14.3. The molecule has 0 aliphatic rings. The minimum atomic E-state index is -0.0143. The average Bonchev–Trinajstić information content (AvgIpc) is 3.90. The molecule has 13 rings (SSSR count). The summed E-state index contributed by atoms with van der Waals surface area (Å²) in [7, 11) is 0. The molecule has 2 heteroatoms. The summed E-state index contributed by atoms with van der Waals surface area (Å²) in [4.78, 5) is 0. The molecule has 13 aromatic rings. The van der Waals surface area contributed by atoms with Gasteiger partial charge in [-0.25, -0.2) is 0 Å². The van der Waals surface area contributed by atoms with Crippen molar-refractivity contribution in [3.05, 3.63) is 242 Å². The molecule has 0 saturated heterocycles. The Morgan fingerprint density at radius 3 is 1.06 bits per heavy atom. The highest BCUT2D eigenvalue weighted by Crippen LogP contribution is 2.46. The van der Waals surface area contributed by atoms with Gasteiger partial charge in [-0.05, 0) is 144 Å². The molecule has 322 valence electrons. The minimum absolute atomic E-state index is 0.0143. The Bertz CT molecular complexity index is 4070. The molecule has 0 unspecified atom stereocenters. The average molecular weight is 869 g/mol. The Morgan fingerprint density at radius 2 is 0.603 bits per heavy atom. The van der Waals surface area contributed by atoms with E-state index in [9.17, 15) is 0 Å². The lowest BCUT2D eigenvalue weighted by atomic mass is 9.81. The molecule has 0 saturated carbocycles. The van der Waals surface area contributed by atoms with Crippen molar-refractivity contribution in [2.45, 2.75) is 26.2 Å². The predicted octanol–water partition coefficient (Wildman–Crippen LogP) is 18.2. The summed E-state index contributed by atoms with van der Waals surface area (Å²) >= 11 is 0. The van der Waals surface area contributed by atoms with E-state index in [2.05, 4.69) is 266 Å². The van der Waals surface area contributed by atoms with Gasteiger partial charge in [-0.15, -0.1) is 0 Å². The molecule has 68 heavy (non-hydrogen) atoms. The maximum Gasteiger partial charge on any atom is 0.0541 e. The molecule has 0 bridgehead atoms. The Kier molecular flexibility index (Phi) is 9.13. The normalized spacial score (nSPS) is 12.0. The van der Waals surface area contributed by atoms with Crippen LogP contribution in [0.5, 0.6) is 0 Å². The van der Waals surface area contributed by atoms with Crippen LogP contribution < -0.4 is 0 Å². The van der Waals surface area contributed by atoms with Gasteiger partial charge < -0.3 is 9.13 Å². The Morgan fingerprint density at radius 1 is 0.250 bits per heavy atom. The quantitative estimate of drug-likeness (QED) is 0.147. The van der Waals surface area contributed by atoms with Crippen molar-refractivity contribution in [1.29, 1.82) is 0 Å². The molecule has 0 aliphatic heterocycles. The first-order chi connectivity index (χ1) is 33.4. The molecule has 0 atom stereocenters. The summed E-state index contributed by atoms with van der Waals surface area (Å²) in [5.74, 6) is 0. The van der Waals surface area contributed by atoms with Gasteiger partial charge in [0.1, 0.15) is 0 Å². The maximum atomic E-state index is 2.46. The number of benzene rings is 11. The summed E-state index contributed by atoms with van der Waals surface area (Å²) in [6, 6.07) is 87.5. The van der Waals surface area contributed by atoms with Crippen molar-refractivity contribution < 1.29 is 0 Å². The number of nitrogens with zero attached hydrogens (tertiary/aromatic N) is 2. The van der Waals surface area contributed by atoms with Crippen molar-refractivity contribution in [2.75, 3.05) is 0 Å². The van der Waals surface area contributed by atoms with E-state index in [1.807, 2.05) is 0 Å². The van der Waals surface area contributed by atoms with Crippen molar-refractivity contribution in [2.24, 2.45) is 0 Å². The number of hydrogen-bond donors (Lipinski definition) is 0. The van der Waals surface area contributed by atoms with E-state index in [0.717, 1.165) is 0 Å². The SMILES string of the molecule is CC(C)(C)c1ccc2c(-c3ccc(-c4ccc5c(c4)c4ccccc4n5-c4ccccc4)cc3)c3ccccc3c(-c3ccc(-c4ccc5c(c4)c4ccccc4n5-c4ccccc4)cc3)c2c1. The molecule has 0 fully saturated rings. The van der Waals surface area contributed by atoms with Crippen LogP contribution in [0.25, 0.3) is 121 Å². The fourth-order valence-corrected chi connectivity index (χ4v) is 10.9. The van der Waals surface area contributed by atoms with Gasteiger partial charge in [0.2, 0.25) is 0 Å². The summed E-state index contributed by atoms with van der Waals surface area (Å²) in [5.41, 5.74) is 18.3. The van der Waals surface area contributed by atoms with Crippen LogP contribution in [0.4, 0.5) is 0 Å². The topological polar surface area (TPSA) is 9.86 Å². The zero-order valence-corrected chi connectivity index (χ0v) is 38.4. The molecule has 0 spiro atoms. The first kappa shape index (κ1) is 39.9. The Labute approximate surface area is 396 Å². The molecular weight excluding hydrogens is 821 g/mol. The highest BCUT2D eigenvalue weighted by atomic mass is 15.0. The number of fused-ring (bicyclic) bond motifs is 8. The van der Waals surface area contributed by atoms with Crippen LogP contribution in [-0.4, -0.2) is 9.13 Å². The zero-order valence-electron chi connectivity index (χ0n) is 38.4. The fourth-order valence-electron chi connectivity index (χ4n) is 10.9. The summed E-state index contributed by atoms with van der Waals surface area (Å²) in [6.07, 6.45) is 0. The lowest BCUT2D eigenvalue weighted by Crippen LogP contribution is -2.10. The third kappa shape index (κ3) is 6.40. The monoisotopic (exact) mass is 868 g/mol. The second-order valence-corrected chi connectivity index (χ2v) is 19.3. The van der Waals surface area contributed by atoms with Crippen molar-refractivity contribution >= 4 is 65.2 Å². The highest BCUT2D eigenvalue weighted by Gasteiger charge is 2.22. The molecule has 0 aliphatic carbocycles. The molecule has 2 nitrogen and oxygen atoms in total. The molecular formula is C66H48N2. The van der Waals surface area contributed by atoms with E-state index in [0.29, 0.717) is 0 Å². The lowest BCUT2D eigenvalue weighted by Gasteiger charge is -2.23. The first-order valence-electron chi connectivity index (χ1n) is 23.8. The second kappa shape index (κ2) is 15.6. The molecule has 11 aromatic carbocycles. The van der Waals surface area contributed by atoms with Gasteiger partial charge in [-0.1, -0.05) is 191 Å². The van der Waals surface area contributed by atoms with Crippen LogP contribution in [0.2, 0.25) is 0 Å². The smallest absolute Gasteiger partial charge is 0.0541 e. The van der Waals surface area contributed by atoms with Crippen LogP contribution >= 0.6 is 0 Å². The highest BCUT2D eigenvalue weighted by molar-refractivity contribution is 6.22. The summed E-state index contributed by atoms with van der Waals surface area (Å²) < 4.78 is 4.76. The van der Waals surface area contributed by atoms with Crippen molar-refractivity contribution in [3.8, 4) is 55.9 Å². The van der Waals surface area contributed by atoms with Gasteiger partial charge in [0.25, 0.3) is 0 Å². The predicted molar refractivity (Wildman–Crippen MR) is 291 cm³/mol. The fraction of sp³-hybridized carbons (Fsp3) is 0.0606. The van der Waals surface area contributed by atoms with Crippen LogP contribution in [0, 0.1) is 0 Å². The van der Waals surface area contributed by atoms with Gasteiger partial charge in [-0.2, -0.15) is 0 Å². The number of rotatable bonds is 6. The van der Waals surface area contributed by atoms with E-state index in [1.54, 1.807) is 0 Å². The lowest BCUT2D eigenvalue weighted by molar-refractivity contribution is 0.591. The van der Waals surface area contributed by atoms with E-state index in [4.69, 9.17) is 0 Å². The number of para-hydroxylation sites is 4. The first-order valence-corrected chi connectivity index (χ1v) is 23.8. The molecule has 0 radical (unpaired) electrons. The van der Waals surface area contributed by atoms with E-state index in [1.165, 1.54) is 127 Å². The molecule has 2 aromatic heterocycles. The van der Waals surface area contributed by atoms with Gasteiger partial charge in [0, 0.05) is 32.9 Å². The minimum Gasteiger partial charge on any atom is -0.309 e. The molecule has 2 heterocycles. The van der Waals surface area contributed by atoms with E-state index < -0.39 is 0 Å². The summed E-state index contributed by atoms with van der Waals surface area (Å²) in [6.45, 7) is 6.94. The van der Waals surface area contributed by atoms with Gasteiger partial charge in [0.05, 0.1) is 22.1 Å².